The highest BCUT2D eigenvalue weighted by atomic mass is 32.2. The Morgan fingerprint density at radius 3 is 1.41 bits per heavy atom. The van der Waals surface area contributed by atoms with Crippen LogP contribution in [0.3, 0.4) is 0 Å². The van der Waals surface area contributed by atoms with Gasteiger partial charge in [-0.1, -0.05) is 188 Å². The molecule has 15 aliphatic carbocycles. The Morgan fingerprint density at radius 2 is 0.791 bits per heavy atom. The molecular formula is C84H138B2N4S. The second-order valence-corrected chi connectivity index (χ2v) is 41.6. The van der Waals surface area contributed by atoms with E-state index in [1.807, 2.05) is 0 Å². The van der Waals surface area contributed by atoms with Gasteiger partial charge < -0.3 is 0 Å². The first-order valence-electron chi connectivity index (χ1n) is 43.6. The minimum Gasteiger partial charge on any atom is -0.295 e. The number of hydrogen-bond acceptors (Lipinski definition) is 5. The van der Waals surface area contributed by atoms with E-state index in [2.05, 4.69) is 52.1 Å². The van der Waals surface area contributed by atoms with E-state index in [0.29, 0.717) is 5.41 Å². The molecule has 0 bridgehead atoms. The molecule has 7 heteroatoms. The Hall–Kier alpha value is 0.320. The van der Waals surface area contributed by atoms with Crippen LogP contribution in [0.2, 0.25) is 34.9 Å². The summed E-state index contributed by atoms with van der Waals surface area (Å²) in [6, 6.07) is 10.4. The summed E-state index contributed by atoms with van der Waals surface area (Å²) >= 11 is 2.85. The molecule has 4 nitrogen and oxygen atoms in total. The third-order valence-electron chi connectivity index (χ3n) is 36.0. The van der Waals surface area contributed by atoms with Gasteiger partial charge in [-0.25, -0.2) is 0 Å². The first-order valence-corrected chi connectivity index (χ1v) is 44.5. The Labute approximate surface area is 565 Å². The first kappa shape index (κ1) is 62.3. The number of rotatable bonds is 7. The molecule has 19 fully saturated rings. The third kappa shape index (κ3) is 10.6. The van der Waals surface area contributed by atoms with Gasteiger partial charge in [0.2, 0.25) is 0 Å². The monoisotopic (exact) mass is 1260 g/mol. The van der Waals surface area contributed by atoms with E-state index in [1.54, 1.807) is 161 Å². The van der Waals surface area contributed by atoms with Gasteiger partial charge in [0.25, 0.3) is 0 Å². The number of thioether (sulfide) groups is 1. The van der Waals surface area contributed by atoms with Crippen molar-refractivity contribution in [2.24, 2.45) is 70.5 Å². The molecular weight excluding hydrogens is 1120 g/mol. The fourth-order valence-electron chi connectivity index (χ4n) is 33.5. The van der Waals surface area contributed by atoms with Gasteiger partial charge in [-0.3, -0.25) is 19.6 Å². The van der Waals surface area contributed by atoms with E-state index < -0.39 is 0 Å². The summed E-state index contributed by atoms with van der Waals surface area (Å²) in [5.74, 6) is 17.8. The molecule has 0 N–H and O–H groups in total. The minimum atomic E-state index is 0.396. The second kappa shape index (κ2) is 25.7. The van der Waals surface area contributed by atoms with E-state index in [0.717, 1.165) is 196 Å². The maximum atomic E-state index is 3.68. The second-order valence-electron chi connectivity index (χ2n) is 40.1. The van der Waals surface area contributed by atoms with Crippen molar-refractivity contribution in [1.82, 2.24) is 19.6 Å². The summed E-state index contributed by atoms with van der Waals surface area (Å²) in [6.07, 6.45) is 76.7. The number of hydrogen-bond donors (Lipinski definition) is 0. The Balaban J connectivity index is 0.737. The van der Waals surface area contributed by atoms with Crippen LogP contribution in [0.5, 0.6) is 0 Å². The molecule has 19 aliphatic rings. The van der Waals surface area contributed by atoms with Crippen LogP contribution in [0.1, 0.15) is 335 Å². The Kier molecular flexibility index (Phi) is 17.6. The van der Waals surface area contributed by atoms with Crippen LogP contribution in [-0.2, 0) is 0 Å². The summed E-state index contributed by atoms with van der Waals surface area (Å²) in [7, 11) is 0. The van der Waals surface area contributed by atoms with Gasteiger partial charge in [-0.05, 0) is 253 Å². The van der Waals surface area contributed by atoms with Crippen LogP contribution < -0.4 is 0 Å². The summed E-state index contributed by atoms with van der Waals surface area (Å²) in [5, 5.41) is 1.81. The smallest absolute Gasteiger partial charge is 0.156 e. The number of nitrogens with zero attached hydrogens (tertiary/aromatic N) is 4. The van der Waals surface area contributed by atoms with E-state index in [-0.39, 0.29) is 0 Å². The van der Waals surface area contributed by atoms with Crippen molar-refractivity contribution in [1.29, 1.82) is 0 Å². The standard InChI is InChI=1S/C84H138B2N4S/c1-84(2,3)56-47-74-82-75(48-56)90(61-35-17-8-18-36-61)73-52-77-70(51-69(73)85(82)67-40-19-20-41-71(67)88(74)59-31-13-6-14-32-59)86-68-46-55(63-44-42-54-26-22-38-65-64-37-21-24-53-25-23-39-66(79(53)64)81(63)80(54)65)43-45-72(68)89(60-33-15-7-16-34-60)76-49-62(50-78(91-77)83(76)86)87(57-27-9-4-10-28-57)58-29-11-5-12-30-58/h53-83H,4-52H2,1-3H3/t53-,54?,55?,56-,62?,63+,64+,65?,66+,67?,68-,69-,70+,71-,72?,73?,74+,75-,76?,77?,78?,79?,80-,81?,82?,83-/m1/s1. The van der Waals surface area contributed by atoms with E-state index >= 15 is 0 Å². The summed E-state index contributed by atoms with van der Waals surface area (Å²) < 4.78 is 0. The molecule has 0 spiro atoms. The molecule has 4 heterocycles. The highest BCUT2D eigenvalue weighted by Crippen LogP contribution is 2.73. The molecule has 4 aliphatic heterocycles. The molecule has 0 aromatic rings. The molecule has 506 valence electrons. The van der Waals surface area contributed by atoms with Crippen molar-refractivity contribution in [2.75, 3.05) is 0 Å². The molecule has 15 saturated carbocycles. The van der Waals surface area contributed by atoms with E-state index in [9.17, 15) is 0 Å². The Bertz CT molecular complexity index is 2450. The maximum Gasteiger partial charge on any atom is 0.156 e. The van der Waals surface area contributed by atoms with Gasteiger partial charge in [0.05, 0.1) is 0 Å². The van der Waals surface area contributed by atoms with Crippen LogP contribution in [0.25, 0.3) is 0 Å². The zero-order valence-electron chi connectivity index (χ0n) is 59.4. The van der Waals surface area contributed by atoms with Crippen molar-refractivity contribution in [3.63, 3.8) is 0 Å². The zero-order valence-corrected chi connectivity index (χ0v) is 60.2. The molecule has 0 aromatic carbocycles. The zero-order chi connectivity index (χ0) is 60.2. The molecule has 19 rings (SSSR count). The van der Waals surface area contributed by atoms with Crippen LogP contribution in [0, 0.1) is 70.5 Å². The average Bonchev–Trinajstić information content (AvgIpc) is 0.739. The van der Waals surface area contributed by atoms with Crippen LogP contribution in [-0.4, -0.2) is 116 Å². The van der Waals surface area contributed by atoms with Crippen molar-refractivity contribution >= 4 is 25.2 Å². The normalized spacial score (nSPS) is 50.5. The summed E-state index contributed by atoms with van der Waals surface area (Å²) in [4.78, 5) is 14.4. The molecule has 0 aromatic heterocycles. The largest absolute Gasteiger partial charge is 0.295 e. The molecule has 4 saturated heterocycles. The van der Waals surface area contributed by atoms with Gasteiger partial charge in [0.15, 0.2) is 13.4 Å². The fraction of sp³-hybridized carbons (Fsp3) is 1.00. The number of fused-ring (bicyclic) bond motifs is 10. The minimum absolute atomic E-state index is 0.396. The third-order valence-corrected chi connectivity index (χ3v) is 37.8. The maximum absolute atomic E-state index is 3.68. The van der Waals surface area contributed by atoms with Crippen LogP contribution in [0.15, 0.2) is 0 Å². The summed E-state index contributed by atoms with van der Waals surface area (Å²) in [6.45, 7) is 10.2. The predicted octanol–water partition coefficient (Wildman–Crippen LogP) is 21.5. The highest BCUT2D eigenvalue weighted by Gasteiger charge is 2.71. The van der Waals surface area contributed by atoms with Crippen LogP contribution in [0.4, 0.5) is 0 Å². The predicted molar refractivity (Wildman–Crippen MR) is 386 cm³/mol. The lowest BCUT2D eigenvalue weighted by Gasteiger charge is -2.72. The van der Waals surface area contributed by atoms with Crippen molar-refractivity contribution in [2.45, 2.75) is 453 Å². The van der Waals surface area contributed by atoms with Gasteiger partial charge in [-0.15, -0.1) is 0 Å². The molecule has 91 heavy (non-hydrogen) atoms. The van der Waals surface area contributed by atoms with Gasteiger partial charge in [-0.2, -0.15) is 11.8 Å². The summed E-state index contributed by atoms with van der Waals surface area (Å²) in [5.41, 5.74) is 0.396. The van der Waals surface area contributed by atoms with Crippen LogP contribution >= 0.6 is 11.8 Å². The lowest BCUT2D eigenvalue weighted by molar-refractivity contribution is -0.166. The van der Waals surface area contributed by atoms with Gasteiger partial charge >= 0.3 is 0 Å². The lowest BCUT2D eigenvalue weighted by atomic mass is 9.15. The van der Waals surface area contributed by atoms with Gasteiger partial charge in [0.1, 0.15) is 0 Å². The van der Waals surface area contributed by atoms with Crippen molar-refractivity contribution in [3.8, 4) is 0 Å². The van der Waals surface area contributed by atoms with Crippen molar-refractivity contribution in [3.05, 3.63) is 0 Å². The van der Waals surface area contributed by atoms with E-state index in [1.165, 1.54) is 154 Å². The van der Waals surface area contributed by atoms with E-state index in [4.69, 9.17) is 0 Å². The van der Waals surface area contributed by atoms with Crippen molar-refractivity contribution < 1.29 is 0 Å². The molecule has 26 atom stereocenters. The topological polar surface area (TPSA) is 13.0 Å². The first-order chi connectivity index (χ1) is 44.8. The molecule has 13 unspecified atom stereocenters. The Morgan fingerprint density at radius 1 is 0.297 bits per heavy atom. The fourth-order valence-corrected chi connectivity index (χ4v) is 35.6. The molecule has 0 amide bonds. The van der Waals surface area contributed by atoms with Gasteiger partial charge in [0, 0.05) is 83.0 Å². The average molecular weight is 1260 g/mol. The molecule has 0 radical (unpaired) electrons. The highest BCUT2D eigenvalue weighted by molar-refractivity contribution is 8.00. The quantitative estimate of drug-likeness (QED) is 0.235. The lowest BCUT2D eigenvalue weighted by Crippen LogP contribution is -2.76. The SMILES string of the molecule is CC(C)(C)[C@H]1C[C@@H]2C3B(C4CCCC[C@H]4N(C4CCCCC4)[C@H]3C1)[C@@H]1C[C@@H]3B4[C@H]5C(CC(N(C6CCCCC6)C6CCCCC6)CC5N(C5CCCCC5)C5CCC([C@@H]6CCC7CCCC8[C@@H]9CCC[C@@H]%10CCC[C@@H](C%109)C6[C@H]78)C[C@@H]45)SC3CC1N2C1CCCCC1.